The van der Waals surface area contributed by atoms with Gasteiger partial charge in [0.25, 0.3) is 5.91 Å². The zero-order valence-electron chi connectivity index (χ0n) is 17.4. The van der Waals surface area contributed by atoms with Gasteiger partial charge in [-0.2, -0.15) is 0 Å². The molecule has 2 unspecified atom stereocenters. The molecule has 0 spiro atoms. The Labute approximate surface area is 169 Å². The van der Waals surface area contributed by atoms with E-state index in [9.17, 15) is 14.4 Å². The van der Waals surface area contributed by atoms with Crippen molar-refractivity contribution in [2.24, 2.45) is 22.8 Å². The van der Waals surface area contributed by atoms with Gasteiger partial charge in [-0.25, -0.2) is 0 Å². The van der Waals surface area contributed by atoms with E-state index in [2.05, 4.69) is 31.1 Å². The summed E-state index contributed by atoms with van der Waals surface area (Å²) < 4.78 is 0. The molecule has 0 saturated carbocycles. The van der Waals surface area contributed by atoms with E-state index in [1.54, 1.807) is 0 Å². The van der Waals surface area contributed by atoms with Crippen LogP contribution >= 0.6 is 0 Å². The van der Waals surface area contributed by atoms with Crippen LogP contribution in [0.25, 0.3) is 11.0 Å². The second-order valence-electron chi connectivity index (χ2n) is 9.00. The van der Waals surface area contributed by atoms with Crippen molar-refractivity contribution in [1.29, 1.82) is 0 Å². The molecule has 2 heterocycles. The van der Waals surface area contributed by atoms with Crippen LogP contribution in [0, 0.1) is 11.3 Å². The summed E-state index contributed by atoms with van der Waals surface area (Å²) in [5, 5.41) is 2.53. The third-order valence-electron chi connectivity index (χ3n) is 5.83. The monoisotopic (exact) mass is 399 g/mol. The van der Waals surface area contributed by atoms with Gasteiger partial charge in [0.05, 0.1) is 11.0 Å². The van der Waals surface area contributed by atoms with Gasteiger partial charge in [-0.05, 0) is 42.2 Å². The van der Waals surface area contributed by atoms with Crippen molar-refractivity contribution < 1.29 is 14.4 Å². The number of amides is 3. The summed E-state index contributed by atoms with van der Waals surface area (Å²) in [6.45, 7) is 8.05. The summed E-state index contributed by atoms with van der Waals surface area (Å²) >= 11 is 0. The fourth-order valence-corrected chi connectivity index (χ4v) is 4.14. The van der Waals surface area contributed by atoms with Gasteiger partial charge in [0.2, 0.25) is 11.8 Å². The Balaban J connectivity index is 2.06. The van der Waals surface area contributed by atoms with E-state index in [1.165, 1.54) is 12.5 Å². The van der Waals surface area contributed by atoms with E-state index < -0.39 is 17.9 Å². The molecule has 2 atom stereocenters. The third-order valence-corrected chi connectivity index (χ3v) is 5.83. The predicted octanol–water partition coefficient (Wildman–Crippen LogP) is 1.35. The number of aryl methyl sites for hydroxylation is 1. The van der Waals surface area contributed by atoms with E-state index in [-0.39, 0.29) is 23.4 Å². The summed E-state index contributed by atoms with van der Waals surface area (Å²) in [5.74, 6) is -1.16. The fourth-order valence-electron chi connectivity index (χ4n) is 4.14. The number of H-pyrrole nitrogens is 1. The summed E-state index contributed by atoms with van der Waals surface area (Å²) in [6.07, 6.45) is 2.88. The zero-order valence-corrected chi connectivity index (χ0v) is 17.4. The molecule has 0 bridgehead atoms. The first-order valence-electron chi connectivity index (χ1n) is 9.87. The van der Waals surface area contributed by atoms with Gasteiger partial charge in [0, 0.05) is 24.6 Å². The molecule has 6 N–H and O–H groups in total. The van der Waals surface area contributed by atoms with Crippen LogP contribution in [0.5, 0.6) is 0 Å². The average Bonchev–Trinajstić information content (AvgIpc) is 2.95. The Bertz CT molecular complexity index is 986. The molecule has 8 heteroatoms. The number of nitrogens with one attached hydrogen (secondary N) is 2. The van der Waals surface area contributed by atoms with E-state index in [0.29, 0.717) is 22.5 Å². The SMILES string of the molecule is CC(=O)NC(Cc1c(C(N)=O)[nH]c2cc3c(nc12)CCC(C(C)(C)C)C3)C(N)=O. The van der Waals surface area contributed by atoms with E-state index in [0.717, 1.165) is 25.0 Å². The lowest BCUT2D eigenvalue weighted by molar-refractivity contribution is -0.126. The number of nitrogens with two attached hydrogens (primary N) is 2. The Hall–Kier alpha value is -2.90. The van der Waals surface area contributed by atoms with Gasteiger partial charge in [-0.1, -0.05) is 20.8 Å². The number of aromatic nitrogens is 2. The first-order valence-corrected chi connectivity index (χ1v) is 9.87. The maximum absolute atomic E-state index is 12.0. The van der Waals surface area contributed by atoms with Crippen LogP contribution in [0.1, 0.15) is 61.4 Å². The van der Waals surface area contributed by atoms with Crippen molar-refractivity contribution in [1.82, 2.24) is 15.3 Å². The number of rotatable bonds is 5. The standard InChI is InChI=1S/C21H29N5O3/c1-10(27)24-16(19(22)28)9-13-17-15(26-18(13)20(23)29)8-11-7-12(21(2,3)4)5-6-14(11)25-17/h8,12,16,26H,5-7,9H2,1-4H3,(H2,22,28)(H2,23,29)(H,24,27). The summed E-state index contributed by atoms with van der Waals surface area (Å²) in [6, 6.07) is 1.08. The van der Waals surface area contributed by atoms with Crippen molar-refractivity contribution in [2.45, 2.75) is 59.4 Å². The molecule has 0 aliphatic heterocycles. The fraction of sp³-hybridized carbons (Fsp3) is 0.524. The Morgan fingerprint density at radius 2 is 2.00 bits per heavy atom. The molecule has 2 aromatic rings. The lowest BCUT2D eigenvalue weighted by Crippen LogP contribution is -2.45. The highest BCUT2D eigenvalue weighted by Crippen LogP contribution is 2.38. The van der Waals surface area contributed by atoms with Crippen molar-refractivity contribution in [2.75, 3.05) is 0 Å². The molecule has 156 valence electrons. The molecule has 2 aromatic heterocycles. The maximum atomic E-state index is 12.0. The van der Waals surface area contributed by atoms with Crippen LogP contribution in [0.4, 0.5) is 0 Å². The highest BCUT2D eigenvalue weighted by atomic mass is 16.2. The predicted molar refractivity (Wildman–Crippen MR) is 110 cm³/mol. The summed E-state index contributed by atoms with van der Waals surface area (Å²) in [7, 11) is 0. The van der Waals surface area contributed by atoms with Crippen LogP contribution in [-0.4, -0.2) is 33.7 Å². The summed E-state index contributed by atoms with van der Waals surface area (Å²) in [5.41, 5.74) is 15.4. The van der Waals surface area contributed by atoms with Crippen LogP contribution < -0.4 is 16.8 Å². The Morgan fingerprint density at radius 1 is 1.31 bits per heavy atom. The van der Waals surface area contributed by atoms with Gasteiger partial charge in [0.15, 0.2) is 0 Å². The Morgan fingerprint density at radius 3 is 2.55 bits per heavy atom. The molecular weight excluding hydrogens is 370 g/mol. The van der Waals surface area contributed by atoms with Crippen molar-refractivity contribution in [3.63, 3.8) is 0 Å². The van der Waals surface area contributed by atoms with Crippen LogP contribution in [0.2, 0.25) is 0 Å². The highest BCUT2D eigenvalue weighted by molar-refractivity contribution is 6.00. The molecule has 0 saturated heterocycles. The number of fused-ring (bicyclic) bond motifs is 2. The molecular formula is C21H29N5O3. The number of carbonyl (C=O) groups excluding carboxylic acids is 3. The number of nitrogens with zero attached hydrogens (tertiary/aromatic N) is 1. The largest absolute Gasteiger partial charge is 0.368 e. The number of carbonyl (C=O) groups is 3. The number of pyridine rings is 1. The minimum Gasteiger partial charge on any atom is -0.368 e. The van der Waals surface area contributed by atoms with Gasteiger partial charge in [0.1, 0.15) is 11.7 Å². The van der Waals surface area contributed by atoms with Crippen LogP contribution in [0.15, 0.2) is 6.07 Å². The van der Waals surface area contributed by atoms with Crippen LogP contribution in [-0.2, 0) is 28.9 Å². The van der Waals surface area contributed by atoms with Crippen LogP contribution in [0.3, 0.4) is 0 Å². The van der Waals surface area contributed by atoms with Gasteiger partial charge >= 0.3 is 0 Å². The molecule has 8 nitrogen and oxygen atoms in total. The first kappa shape index (κ1) is 20.8. The van der Waals surface area contributed by atoms with Crippen molar-refractivity contribution >= 4 is 28.8 Å². The second-order valence-corrected chi connectivity index (χ2v) is 9.00. The van der Waals surface area contributed by atoms with Gasteiger partial charge < -0.3 is 21.8 Å². The van der Waals surface area contributed by atoms with Crippen molar-refractivity contribution in [3.8, 4) is 0 Å². The molecule has 3 rings (SSSR count). The molecule has 0 aromatic carbocycles. The highest BCUT2D eigenvalue weighted by Gasteiger charge is 2.31. The molecule has 29 heavy (non-hydrogen) atoms. The Kier molecular flexibility index (Phi) is 5.38. The number of hydrogen-bond acceptors (Lipinski definition) is 4. The van der Waals surface area contributed by atoms with E-state index in [4.69, 9.17) is 16.5 Å². The second kappa shape index (κ2) is 7.50. The van der Waals surface area contributed by atoms with Gasteiger partial charge in [-0.3, -0.25) is 19.4 Å². The topological polar surface area (TPSA) is 144 Å². The number of aromatic amines is 1. The van der Waals surface area contributed by atoms with Gasteiger partial charge in [-0.15, -0.1) is 0 Å². The lowest BCUT2D eigenvalue weighted by atomic mass is 9.71. The minimum atomic E-state index is -0.951. The first-order chi connectivity index (χ1) is 13.5. The smallest absolute Gasteiger partial charge is 0.265 e. The molecule has 3 amide bonds. The maximum Gasteiger partial charge on any atom is 0.265 e. The summed E-state index contributed by atoms with van der Waals surface area (Å²) in [4.78, 5) is 43.2. The third kappa shape index (κ3) is 4.26. The minimum absolute atomic E-state index is 0.0452. The van der Waals surface area contributed by atoms with E-state index in [1.807, 2.05) is 6.07 Å². The normalized spacial score (nSPS) is 17.6. The zero-order chi connectivity index (χ0) is 21.5. The van der Waals surface area contributed by atoms with E-state index >= 15 is 0 Å². The molecule has 0 fully saturated rings. The molecule has 1 aliphatic carbocycles. The average molecular weight is 399 g/mol. The van der Waals surface area contributed by atoms with Crippen molar-refractivity contribution in [3.05, 3.63) is 28.6 Å². The molecule has 0 radical (unpaired) electrons. The lowest BCUT2D eigenvalue weighted by Gasteiger charge is -2.34. The molecule has 1 aliphatic rings. The number of primary amides is 2. The number of hydrogen-bond donors (Lipinski definition) is 4. The quantitative estimate of drug-likeness (QED) is 0.601.